The zero-order valence-corrected chi connectivity index (χ0v) is 19.7. The maximum absolute atomic E-state index is 13.0. The predicted octanol–water partition coefficient (Wildman–Crippen LogP) is 3.95. The van der Waals surface area contributed by atoms with Crippen LogP contribution in [0.2, 0.25) is 0 Å². The highest BCUT2D eigenvalue weighted by Crippen LogP contribution is 2.31. The summed E-state index contributed by atoms with van der Waals surface area (Å²) in [6.45, 7) is 3.33. The van der Waals surface area contributed by atoms with Crippen molar-refractivity contribution in [1.29, 1.82) is 0 Å². The SMILES string of the molecule is CCOC(=O)CCCc1cn(CC2Cc3cn(Cc4ccccc4)c4cccc(c34)C(=O)O2)nn1. The van der Waals surface area contributed by atoms with Gasteiger partial charge in [0.15, 0.2) is 0 Å². The Morgan fingerprint density at radius 2 is 2.00 bits per heavy atom. The molecule has 1 atom stereocenters. The molecule has 35 heavy (non-hydrogen) atoms. The van der Waals surface area contributed by atoms with Crippen LogP contribution in [0.4, 0.5) is 0 Å². The van der Waals surface area contributed by atoms with Crippen LogP contribution in [0.15, 0.2) is 60.9 Å². The van der Waals surface area contributed by atoms with Gasteiger partial charge in [-0.3, -0.25) is 4.79 Å². The number of benzene rings is 2. The Kier molecular flexibility index (Phi) is 6.61. The lowest BCUT2D eigenvalue weighted by atomic mass is 10.0. The van der Waals surface area contributed by atoms with Gasteiger partial charge in [0.05, 0.1) is 24.4 Å². The van der Waals surface area contributed by atoms with E-state index in [2.05, 4.69) is 39.3 Å². The third kappa shape index (κ3) is 5.11. The summed E-state index contributed by atoms with van der Waals surface area (Å²) >= 11 is 0. The Labute approximate surface area is 203 Å². The maximum atomic E-state index is 13.0. The molecule has 0 N–H and O–H groups in total. The van der Waals surface area contributed by atoms with Crippen molar-refractivity contribution in [2.24, 2.45) is 0 Å². The van der Waals surface area contributed by atoms with E-state index in [0.29, 0.717) is 44.4 Å². The molecule has 0 bridgehead atoms. The number of hydrogen-bond donors (Lipinski definition) is 0. The third-order valence-corrected chi connectivity index (χ3v) is 6.22. The van der Waals surface area contributed by atoms with Crippen LogP contribution in [0.25, 0.3) is 10.9 Å². The highest BCUT2D eigenvalue weighted by Gasteiger charge is 2.27. The van der Waals surface area contributed by atoms with Gasteiger partial charge in [0.2, 0.25) is 0 Å². The lowest BCUT2D eigenvalue weighted by molar-refractivity contribution is -0.143. The van der Waals surface area contributed by atoms with Crippen LogP contribution in [-0.2, 0) is 40.2 Å². The summed E-state index contributed by atoms with van der Waals surface area (Å²) in [5.41, 5.74) is 4.73. The lowest BCUT2D eigenvalue weighted by Crippen LogP contribution is -2.24. The van der Waals surface area contributed by atoms with Crippen molar-refractivity contribution in [3.8, 4) is 0 Å². The average molecular weight is 473 g/mol. The average Bonchev–Trinajstić information content (AvgIpc) is 3.40. The largest absolute Gasteiger partial charge is 0.466 e. The number of carbonyl (C=O) groups is 2. The number of aryl methyl sites for hydroxylation is 1. The molecule has 1 aliphatic rings. The molecule has 0 saturated heterocycles. The summed E-state index contributed by atoms with van der Waals surface area (Å²) in [6, 6.07) is 16.1. The van der Waals surface area contributed by atoms with Crippen LogP contribution in [0.3, 0.4) is 0 Å². The van der Waals surface area contributed by atoms with Crippen molar-refractivity contribution >= 4 is 22.8 Å². The highest BCUT2D eigenvalue weighted by atomic mass is 16.5. The molecule has 0 radical (unpaired) electrons. The molecule has 0 saturated carbocycles. The molecule has 0 amide bonds. The molecule has 1 unspecified atom stereocenters. The molecular weight excluding hydrogens is 444 g/mol. The number of esters is 2. The molecule has 8 nitrogen and oxygen atoms in total. The van der Waals surface area contributed by atoms with E-state index in [0.717, 1.165) is 28.7 Å². The first-order valence-electron chi connectivity index (χ1n) is 12.0. The van der Waals surface area contributed by atoms with Gasteiger partial charge in [0.1, 0.15) is 6.10 Å². The van der Waals surface area contributed by atoms with E-state index in [1.807, 2.05) is 36.5 Å². The smallest absolute Gasteiger partial charge is 0.339 e. The summed E-state index contributed by atoms with van der Waals surface area (Å²) in [4.78, 5) is 24.5. The van der Waals surface area contributed by atoms with Gasteiger partial charge in [-0.1, -0.05) is 41.6 Å². The van der Waals surface area contributed by atoms with Gasteiger partial charge >= 0.3 is 11.9 Å². The van der Waals surface area contributed by atoms with Crippen molar-refractivity contribution in [2.45, 2.75) is 51.8 Å². The zero-order chi connectivity index (χ0) is 24.2. The van der Waals surface area contributed by atoms with E-state index >= 15 is 0 Å². The van der Waals surface area contributed by atoms with Crippen LogP contribution >= 0.6 is 0 Å². The van der Waals surface area contributed by atoms with E-state index in [-0.39, 0.29) is 18.0 Å². The first-order valence-corrected chi connectivity index (χ1v) is 12.0. The number of ether oxygens (including phenoxy) is 2. The lowest BCUT2D eigenvalue weighted by Gasteiger charge is -2.15. The molecule has 3 heterocycles. The number of carbonyl (C=O) groups excluding carboxylic acids is 2. The topological polar surface area (TPSA) is 88.2 Å². The van der Waals surface area contributed by atoms with Crippen molar-refractivity contribution < 1.29 is 19.1 Å². The normalized spacial score (nSPS) is 15.1. The van der Waals surface area contributed by atoms with Crippen molar-refractivity contribution in [2.75, 3.05) is 6.61 Å². The molecule has 8 heteroatoms. The van der Waals surface area contributed by atoms with Crippen molar-refractivity contribution in [3.05, 3.63) is 83.3 Å². The van der Waals surface area contributed by atoms with Gasteiger partial charge < -0.3 is 14.0 Å². The standard InChI is InChI=1S/C27H28N4O4/c1-2-34-25(32)13-6-10-21-17-31(29-28-21)18-22-14-20-16-30(15-19-8-4-3-5-9-19)24-12-7-11-23(26(20)24)27(33)35-22/h3-5,7-9,11-12,16-17,22H,2,6,10,13-15,18H2,1H3. The minimum atomic E-state index is -0.361. The fourth-order valence-electron chi connectivity index (χ4n) is 4.68. The number of rotatable bonds is 9. The molecule has 4 aromatic rings. The van der Waals surface area contributed by atoms with Crippen LogP contribution < -0.4 is 0 Å². The molecule has 1 aliphatic heterocycles. The van der Waals surface area contributed by atoms with Gasteiger partial charge in [0, 0.05) is 42.7 Å². The Hall–Kier alpha value is -3.94. The van der Waals surface area contributed by atoms with Gasteiger partial charge in [-0.2, -0.15) is 0 Å². The first kappa shape index (κ1) is 22.8. The van der Waals surface area contributed by atoms with Crippen molar-refractivity contribution in [1.82, 2.24) is 19.6 Å². The minimum Gasteiger partial charge on any atom is -0.466 e. The number of nitrogens with zero attached hydrogens (tertiary/aromatic N) is 4. The second-order valence-corrected chi connectivity index (χ2v) is 8.79. The maximum Gasteiger partial charge on any atom is 0.339 e. The fourth-order valence-corrected chi connectivity index (χ4v) is 4.68. The second-order valence-electron chi connectivity index (χ2n) is 8.79. The summed E-state index contributed by atoms with van der Waals surface area (Å²) < 4.78 is 14.7. The monoisotopic (exact) mass is 472 g/mol. The summed E-state index contributed by atoms with van der Waals surface area (Å²) in [6.07, 6.45) is 5.87. The molecule has 0 fully saturated rings. The molecule has 0 aliphatic carbocycles. The Morgan fingerprint density at radius 1 is 1.14 bits per heavy atom. The Balaban J connectivity index is 1.31. The van der Waals surface area contributed by atoms with Gasteiger partial charge in [-0.15, -0.1) is 5.10 Å². The van der Waals surface area contributed by atoms with E-state index in [9.17, 15) is 9.59 Å². The molecule has 2 aromatic heterocycles. The van der Waals surface area contributed by atoms with E-state index in [4.69, 9.17) is 9.47 Å². The molecule has 0 spiro atoms. The fraction of sp³-hybridized carbons (Fsp3) is 0.333. The number of cyclic esters (lactones) is 1. The number of aromatic nitrogens is 4. The number of hydrogen-bond acceptors (Lipinski definition) is 6. The highest BCUT2D eigenvalue weighted by molar-refractivity contribution is 6.06. The molecular formula is C27H28N4O4. The zero-order valence-electron chi connectivity index (χ0n) is 19.7. The summed E-state index contributed by atoms with van der Waals surface area (Å²) in [7, 11) is 0. The van der Waals surface area contributed by atoms with Gasteiger partial charge in [-0.05, 0) is 43.0 Å². The van der Waals surface area contributed by atoms with Crippen LogP contribution in [-0.4, -0.2) is 44.2 Å². The minimum absolute atomic E-state index is 0.199. The van der Waals surface area contributed by atoms with Crippen LogP contribution in [0, 0.1) is 0 Å². The first-order chi connectivity index (χ1) is 17.1. The van der Waals surface area contributed by atoms with Gasteiger partial charge in [-0.25, -0.2) is 9.48 Å². The second kappa shape index (κ2) is 10.1. The van der Waals surface area contributed by atoms with Crippen molar-refractivity contribution in [3.63, 3.8) is 0 Å². The van der Waals surface area contributed by atoms with Crippen LogP contribution in [0.1, 0.15) is 46.9 Å². The quantitative estimate of drug-likeness (QED) is 0.343. The molecule has 5 rings (SSSR count). The Bertz CT molecular complexity index is 1340. The molecule has 180 valence electrons. The van der Waals surface area contributed by atoms with E-state index in [1.54, 1.807) is 11.6 Å². The van der Waals surface area contributed by atoms with Crippen LogP contribution in [0.5, 0.6) is 0 Å². The predicted molar refractivity (Wildman–Crippen MR) is 130 cm³/mol. The van der Waals surface area contributed by atoms with E-state index in [1.165, 1.54) is 5.56 Å². The summed E-state index contributed by atoms with van der Waals surface area (Å²) in [5.74, 6) is -0.512. The molecule has 2 aromatic carbocycles. The Morgan fingerprint density at radius 3 is 2.83 bits per heavy atom. The third-order valence-electron chi connectivity index (χ3n) is 6.22. The van der Waals surface area contributed by atoms with Gasteiger partial charge in [0.25, 0.3) is 0 Å². The van der Waals surface area contributed by atoms with E-state index < -0.39 is 0 Å². The summed E-state index contributed by atoms with van der Waals surface area (Å²) in [5, 5.41) is 9.39.